The topological polar surface area (TPSA) is 189 Å². The van der Waals surface area contributed by atoms with E-state index < -0.39 is 23.4 Å². The number of amides is 3. The standard InChI is InChI=1S/C15H30N2O2.C15H28N2O2.C14H24N2O.C10H22N2.C10H18O/c2*1-14(2,3)11-7-9-12(10-8-11)16-17-13(18)19-15(4,5)6;1-10-9-13(17)16(15-10)12-7-5-11(6-8-12)14(2,3)4;1-10(2,3)8-4-6-9(12-11)7-5-8;1-10(2,3)8-4-6-9(11)7-5-8/h11-12,16H,7-10H2,1-6H3,(H,17,18);11H,7-10H2,1-6H3,(H,17,18);11-12H,5-9H2,1-4H3;8-9,12H,4-7,11H2,1-3H3;8H,4-7H2,1-3H3. The fourth-order valence-electron chi connectivity index (χ4n) is 11.9. The first-order valence-electron chi connectivity index (χ1n) is 30.7. The summed E-state index contributed by atoms with van der Waals surface area (Å²) in [5, 5.41) is 10.3. The van der Waals surface area contributed by atoms with Gasteiger partial charge in [0.25, 0.3) is 0 Å². The second kappa shape index (κ2) is 30.8. The van der Waals surface area contributed by atoms with Gasteiger partial charge in [-0.3, -0.25) is 26.3 Å². The van der Waals surface area contributed by atoms with Crippen LogP contribution in [0.4, 0.5) is 9.59 Å². The lowest BCUT2D eigenvalue weighted by Gasteiger charge is -2.38. The molecule has 1 heterocycles. The van der Waals surface area contributed by atoms with Crippen molar-refractivity contribution in [2.75, 3.05) is 0 Å². The molecule has 6 aliphatic rings. The Labute approximate surface area is 478 Å². The molecule has 454 valence electrons. The van der Waals surface area contributed by atoms with Gasteiger partial charge in [-0.25, -0.2) is 25.4 Å². The van der Waals surface area contributed by atoms with E-state index in [-0.39, 0.29) is 5.91 Å². The van der Waals surface area contributed by atoms with Gasteiger partial charge in [-0.15, -0.1) is 0 Å². The van der Waals surface area contributed by atoms with Crippen molar-refractivity contribution in [3.05, 3.63) is 0 Å². The molecule has 5 aliphatic carbocycles. The summed E-state index contributed by atoms with van der Waals surface area (Å²) in [5.41, 5.74) is 14.3. The van der Waals surface area contributed by atoms with E-state index in [1.165, 1.54) is 51.4 Å². The highest BCUT2D eigenvalue weighted by molar-refractivity contribution is 6.03. The van der Waals surface area contributed by atoms with E-state index in [9.17, 15) is 19.2 Å². The lowest BCUT2D eigenvalue weighted by Crippen LogP contribution is -2.48. The zero-order valence-electron chi connectivity index (χ0n) is 54.3. The molecule has 1 aliphatic heterocycles. The summed E-state index contributed by atoms with van der Waals surface area (Å²) in [6.45, 7) is 47.7. The number of carbonyl (C=O) groups excluding carboxylic acids is 4. The molecule has 14 nitrogen and oxygen atoms in total. The zero-order valence-corrected chi connectivity index (χ0v) is 54.3. The number of hydrogen-bond acceptors (Lipinski definition) is 11. The minimum atomic E-state index is -0.478. The molecular formula is C64H122N8O6. The molecule has 78 heavy (non-hydrogen) atoms. The summed E-state index contributed by atoms with van der Waals surface area (Å²) in [6.07, 6.45) is 22.3. The summed E-state index contributed by atoms with van der Waals surface area (Å²) in [7, 11) is 0. The van der Waals surface area contributed by atoms with Gasteiger partial charge in [0, 0.05) is 36.3 Å². The fraction of sp³-hybridized carbons (Fsp3) is 0.906. The number of hydrazone groups is 2. The number of hydrazine groups is 2. The third kappa shape index (κ3) is 28.5. The largest absolute Gasteiger partial charge is 0.443 e. The number of ether oxygens (including phenoxy) is 2. The maximum Gasteiger partial charge on any atom is 0.428 e. The average molecular weight is 1100 g/mol. The second-order valence-electron chi connectivity index (χ2n) is 31.5. The normalized spacial score (nSPS) is 25.9. The van der Waals surface area contributed by atoms with E-state index in [0.29, 0.717) is 57.4 Å². The molecule has 0 spiro atoms. The molecule has 6 N–H and O–H groups in total. The molecule has 5 saturated carbocycles. The number of nitrogens with one attached hydrogen (secondary N) is 4. The fourth-order valence-corrected chi connectivity index (χ4v) is 11.9. The van der Waals surface area contributed by atoms with Crippen LogP contribution in [0, 0.1) is 56.7 Å². The van der Waals surface area contributed by atoms with Crippen LogP contribution in [0.15, 0.2) is 10.2 Å². The highest BCUT2D eigenvalue weighted by atomic mass is 16.6. The van der Waals surface area contributed by atoms with E-state index in [4.69, 9.17) is 15.3 Å². The Kier molecular flexibility index (Phi) is 28.0. The predicted octanol–water partition coefficient (Wildman–Crippen LogP) is 15.8. The summed E-state index contributed by atoms with van der Waals surface area (Å²) in [6, 6.07) is 1.30. The molecule has 0 atom stereocenters. The van der Waals surface area contributed by atoms with Crippen LogP contribution in [0.1, 0.15) is 287 Å². The molecule has 0 saturated heterocycles. The Bertz CT molecular complexity index is 1860. The Balaban J connectivity index is 0.000000338. The van der Waals surface area contributed by atoms with Gasteiger partial charge in [0.15, 0.2) is 0 Å². The predicted molar refractivity (Wildman–Crippen MR) is 325 cm³/mol. The molecule has 6 rings (SSSR count). The van der Waals surface area contributed by atoms with Gasteiger partial charge in [-0.1, -0.05) is 104 Å². The molecule has 0 unspecified atom stereocenters. The first kappa shape index (κ1) is 71.0. The highest BCUT2D eigenvalue weighted by Crippen LogP contribution is 2.42. The zero-order chi connectivity index (χ0) is 59.7. The van der Waals surface area contributed by atoms with Gasteiger partial charge >= 0.3 is 12.2 Å². The summed E-state index contributed by atoms with van der Waals surface area (Å²) < 4.78 is 10.3. The maximum absolute atomic E-state index is 11.8. The van der Waals surface area contributed by atoms with Crippen LogP contribution in [0.3, 0.4) is 0 Å². The van der Waals surface area contributed by atoms with Gasteiger partial charge in [0.1, 0.15) is 17.0 Å². The first-order valence-corrected chi connectivity index (χ1v) is 30.7. The molecule has 0 radical (unpaired) electrons. The minimum absolute atomic E-state index is 0.196. The number of carbonyl (C=O) groups is 4. The summed E-state index contributed by atoms with van der Waals surface area (Å²) >= 11 is 0. The van der Waals surface area contributed by atoms with Gasteiger partial charge in [0.05, 0.1) is 12.5 Å². The number of Topliss-reactive ketones (excluding diaryl/α,β-unsaturated/α-hetero) is 1. The molecular weight excluding hydrogens is 977 g/mol. The molecule has 0 bridgehead atoms. The van der Waals surface area contributed by atoms with Crippen molar-refractivity contribution in [1.29, 1.82) is 0 Å². The highest BCUT2D eigenvalue weighted by Gasteiger charge is 2.36. The molecule has 0 aromatic carbocycles. The van der Waals surface area contributed by atoms with Crippen molar-refractivity contribution >= 4 is 35.3 Å². The van der Waals surface area contributed by atoms with Crippen molar-refractivity contribution in [2.45, 2.75) is 316 Å². The number of nitrogens with two attached hydrogens (primary N) is 1. The Morgan fingerprint density at radius 1 is 0.500 bits per heavy atom. The number of nitrogens with zero attached hydrogens (tertiary/aromatic N) is 3. The Hall–Kier alpha value is -3.10. The number of hydrogen-bond donors (Lipinski definition) is 5. The maximum atomic E-state index is 11.8. The van der Waals surface area contributed by atoms with Crippen molar-refractivity contribution in [3.8, 4) is 0 Å². The summed E-state index contributed by atoms with van der Waals surface area (Å²) in [4.78, 5) is 45.7. The smallest absolute Gasteiger partial charge is 0.428 e. The minimum Gasteiger partial charge on any atom is -0.443 e. The van der Waals surface area contributed by atoms with E-state index in [2.05, 4.69) is 136 Å². The van der Waals surface area contributed by atoms with Crippen LogP contribution in [0.5, 0.6) is 0 Å². The molecule has 5 fully saturated rings. The van der Waals surface area contributed by atoms with Crippen LogP contribution >= 0.6 is 0 Å². The summed E-state index contributed by atoms with van der Waals surface area (Å²) in [5.74, 6) is 10.0. The van der Waals surface area contributed by atoms with E-state index >= 15 is 0 Å². The van der Waals surface area contributed by atoms with Crippen molar-refractivity contribution in [2.24, 2.45) is 72.7 Å². The second-order valence-corrected chi connectivity index (χ2v) is 31.5. The quantitative estimate of drug-likeness (QED) is 0.132. The van der Waals surface area contributed by atoms with E-state index in [1.54, 1.807) is 5.01 Å². The third-order valence-corrected chi connectivity index (χ3v) is 17.4. The number of ketones is 1. The van der Waals surface area contributed by atoms with Gasteiger partial charge in [-0.2, -0.15) is 10.2 Å². The third-order valence-electron chi connectivity index (χ3n) is 17.4. The van der Waals surface area contributed by atoms with Gasteiger partial charge in [-0.05, 0) is 221 Å². The van der Waals surface area contributed by atoms with E-state index in [1.807, 2.05) is 48.5 Å². The van der Waals surface area contributed by atoms with E-state index in [0.717, 1.165) is 118 Å². The first-order chi connectivity index (χ1) is 35.6. The Morgan fingerprint density at radius 3 is 1.19 bits per heavy atom. The van der Waals surface area contributed by atoms with Crippen molar-refractivity contribution in [1.82, 2.24) is 26.7 Å². The van der Waals surface area contributed by atoms with Crippen LogP contribution in [-0.4, -0.2) is 69.6 Å². The van der Waals surface area contributed by atoms with Crippen LogP contribution < -0.4 is 27.5 Å². The number of rotatable bonds is 5. The lowest BCUT2D eigenvalue weighted by molar-refractivity contribution is -0.131. The van der Waals surface area contributed by atoms with Crippen LogP contribution in [0.25, 0.3) is 0 Å². The average Bonchev–Trinajstić information content (AvgIpc) is 3.66. The van der Waals surface area contributed by atoms with Gasteiger partial charge in [0.2, 0.25) is 5.91 Å². The Morgan fingerprint density at radius 2 is 0.846 bits per heavy atom. The lowest BCUT2D eigenvalue weighted by atomic mass is 9.71. The van der Waals surface area contributed by atoms with Gasteiger partial charge < -0.3 is 9.47 Å². The SMILES string of the molecule is CC(C)(C)C1CCC(=O)CC1.CC(C)(C)C1CCC(NN)CC1.CC(C)(C)OC(=O)NN=C1CCC(C(C)(C)C)CC1.CC(C)(C)OC(=O)NNC1CCC(C(C)(C)C)CC1.CC1=NN(C2CCC(C(C)(C)C)CC2)C(=O)C1. The monoisotopic (exact) mass is 1100 g/mol. The van der Waals surface area contributed by atoms with Crippen LogP contribution in [0.2, 0.25) is 0 Å². The van der Waals surface area contributed by atoms with Crippen molar-refractivity contribution in [3.63, 3.8) is 0 Å². The molecule has 14 heteroatoms. The van der Waals surface area contributed by atoms with Crippen LogP contribution in [-0.2, 0) is 19.1 Å². The molecule has 0 aromatic heterocycles. The molecule has 3 amide bonds. The molecule has 0 aromatic rings. The van der Waals surface area contributed by atoms with Crippen molar-refractivity contribution < 1.29 is 28.7 Å².